The van der Waals surface area contributed by atoms with Gasteiger partial charge in [0.25, 0.3) is 0 Å². The molecule has 1 aromatic rings. The van der Waals surface area contributed by atoms with Crippen LogP contribution < -0.4 is 5.32 Å². The molecule has 1 aromatic carbocycles. The average molecular weight is 214 g/mol. The van der Waals surface area contributed by atoms with Crippen molar-refractivity contribution >= 4 is 12.4 Å². The van der Waals surface area contributed by atoms with Gasteiger partial charge in [-0.25, -0.2) is 0 Å². The van der Waals surface area contributed by atoms with Gasteiger partial charge >= 0.3 is 0 Å². The van der Waals surface area contributed by atoms with E-state index in [1.807, 2.05) is 0 Å². The summed E-state index contributed by atoms with van der Waals surface area (Å²) in [6.07, 6.45) is 1.11. The monoisotopic (exact) mass is 213 g/mol. The molecule has 0 saturated heterocycles. The molecule has 1 nitrogen and oxygen atoms in total. The van der Waals surface area contributed by atoms with Gasteiger partial charge < -0.3 is 5.32 Å². The summed E-state index contributed by atoms with van der Waals surface area (Å²) in [5.41, 5.74) is 1.63. The third kappa shape index (κ3) is 6.01. The van der Waals surface area contributed by atoms with Crippen molar-refractivity contribution in [3.8, 4) is 0 Å². The lowest BCUT2D eigenvalue weighted by Gasteiger charge is -2.20. The largest absolute Gasteiger partial charge is 0.312 e. The predicted octanol–water partition coefficient (Wildman–Crippen LogP) is 3.04. The summed E-state index contributed by atoms with van der Waals surface area (Å²) in [5, 5.41) is 3.47. The Labute approximate surface area is 93.3 Å². The third-order valence-corrected chi connectivity index (χ3v) is 1.91. The number of rotatable bonds is 3. The van der Waals surface area contributed by atoms with Crippen molar-refractivity contribution < 1.29 is 0 Å². The van der Waals surface area contributed by atoms with E-state index >= 15 is 0 Å². The van der Waals surface area contributed by atoms with Crippen molar-refractivity contribution in [1.82, 2.24) is 5.32 Å². The predicted molar refractivity (Wildman–Crippen MR) is 65.1 cm³/mol. The highest BCUT2D eigenvalue weighted by Gasteiger charge is 2.06. The Morgan fingerprint density at radius 2 is 1.64 bits per heavy atom. The van der Waals surface area contributed by atoms with Crippen molar-refractivity contribution in [2.24, 2.45) is 0 Å². The van der Waals surface area contributed by atoms with Crippen LogP contribution in [0.4, 0.5) is 0 Å². The first-order valence-electron chi connectivity index (χ1n) is 4.87. The maximum Gasteiger partial charge on any atom is 0.00966 e. The molecule has 0 unspecified atom stereocenters. The highest BCUT2D eigenvalue weighted by molar-refractivity contribution is 5.85. The van der Waals surface area contributed by atoms with E-state index in [0.717, 1.165) is 13.0 Å². The third-order valence-electron chi connectivity index (χ3n) is 1.91. The average Bonchev–Trinajstić information content (AvgIpc) is 2.04. The second kappa shape index (κ2) is 6.05. The van der Waals surface area contributed by atoms with Gasteiger partial charge in [-0.2, -0.15) is 0 Å². The molecular formula is C12H20ClN. The normalized spacial score (nSPS) is 10.8. The molecule has 2 heteroatoms. The molecule has 0 amide bonds. The van der Waals surface area contributed by atoms with Gasteiger partial charge in [0.2, 0.25) is 0 Å². The second-order valence-electron chi connectivity index (χ2n) is 4.41. The molecule has 14 heavy (non-hydrogen) atoms. The molecule has 0 heterocycles. The Hall–Kier alpha value is -0.530. The lowest BCUT2D eigenvalue weighted by atomic mass is 10.1. The fourth-order valence-electron chi connectivity index (χ4n) is 1.23. The lowest BCUT2D eigenvalue weighted by Crippen LogP contribution is -2.37. The van der Waals surface area contributed by atoms with Gasteiger partial charge in [-0.1, -0.05) is 30.3 Å². The number of nitrogens with one attached hydrogen (secondary N) is 1. The van der Waals surface area contributed by atoms with Gasteiger partial charge in [0.1, 0.15) is 0 Å². The van der Waals surface area contributed by atoms with Crippen molar-refractivity contribution in [3.63, 3.8) is 0 Å². The van der Waals surface area contributed by atoms with Gasteiger partial charge in [0.05, 0.1) is 0 Å². The van der Waals surface area contributed by atoms with Gasteiger partial charge in [0, 0.05) is 5.54 Å². The van der Waals surface area contributed by atoms with E-state index in [4.69, 9.17) is 0 Å². The minimum Gasteiger partial charge on any atom is -0.312 e. The molecular weight excluding hydrogens is 194 g/mol. The summed E-state index contributed by atoms with van der Waals surface area (Å²) in [6.45, 7) is 7.63. The number of halogens is 1. The fourth-order valence-corrected chi connectivity index (χ4v) is 1.23. The Bertz CT molecular complexity index is 238. The van der Waals surface area contributed by atoms with E-state index in [9.17, 15) is 0 Å². The van der Waals surface area contributed by atoms with Gasteiger partial charge in [0.15, 0.2) is 0 Å². The molecule has 0 fully saturated rings. The molecule has 0 aliphatic heterocycles. The van der Waals surface area contributed by atoms with Crippen LogP contribution in [0.3, 0.4) is 0 Å². The highest BCUT2D eigenvalue weighted by atomic mass is 35.5. The van der Waals surface area contributed by atoms with E-state index in [1.165, 1.54) is 5.56 Å². The first-order chi connectivity index (χ1) is 6.08. The van der Waals surface area contributed by atoms with Crippen LogP contribution >= 0.6 is 12.4 Å². The molecule has 1 N–H and O–H groups in total. The van der Waals surface area contributed by atoms with Crippen LogP contribution in [0.25, 0.3) is 0 Å². The smallest absolute Gasteiger partial charge is 0.00966 e. The van der Waals surface area contributed by atoms with Crippen LogP contribution in [0.2, 0.25) is 0 Å². The van der Waals surface area contributed by atoms with Gasteiger partial charge in [-0.05, 0) is 39.3 Å². The first-order valence-corrected chi connectivity index (χ1v) is 4.87. The van der Waals surface area contributed by atoms with Crippen molar-refractivity contribution in [3.05, 3.63) is 35.9 Å². The van der Waals surface area contributed by atoms with Crippen molar-refractivity contribution in [2.75, 3.05) is 6.54 Å². The Kier molecular flexibility index (Phi) is 5.82. The molecule has 0 spiro atoms. The van der Waals surface area contributed by atoms with E-state index < -0.39 is 0 Å². The zero-order valence-electron chi connectivity index (χ0n) is 9.21. The summed E-state index contributed by atoms with van der Waals surface area (Å²) < 4.78 is 0. The SMILES string of the molecule is CC(C)(C)NCCc1ccccc1.Cl. The number of hydrogen-bond donors (Lipinski definition) is 1. The van der Waals surface area contributed by atoms with Gasteiger partial charge in [-0.3, -0.25) is 0 Å². The Morgan fingerprint density at radius 3 is 2.14 bits per heavy atom. The van der Waals surface area contributed by atoms with Crippen LogP contribution in [0, 0.1) is 0 Å². The fraction of sp³-hybridized carbons (Fsp3) is 0.500. The first kappa shape index (κ1) is 13.5. The summed E-state index contributed by atoms with van der Waals surface area (Å²) in [7, 11) is 0. The topological polar surface area (TPSA) is 12.0 Å². The minimum atomic E-state index is 0. The van der Waals surface area contributed by atoms with Crippen LogP contribution in [-0.4, -0.2) is 12.1 Å². The maximum atomic E-state index is 3.47. The Balaban J connectivity index is 0.00000169. The van der Waals surface area contributed by atoms with E-state index in [2.05, 4.69) is 56.4 Å². The summed E-state index contributed by atoms with van der Waals surface area (Å²) in [6, 6.07) is 10.6. The van der Waals surface area contributed by atoms with Crippen LogP contribution in [0.15, 0.2) is 30.3 Å². The molecule has 0 atom stereocenters. The summed E-state index contributed by atoms with van der Waals surface area (Å²) in [4.78, 5) is 0. The van der Waals surface area contributed by atoms with E-state index in [0.29, 0.717) is 0 Å². The summed E-state index contributed by atoms with van der Waals surface area (Å²) >= 11 is 0. The number of benzene rings is 1. The zero-order valence-corrected chi connectivity index (χ0v) is 10.0. The molecule has 0 bridgehead atoms. The molecule has 0 aliphatic carbocycles. The van der Waals surface area contributed by atoms with Crippen molar-refractivity contribution in [1.29, 1.82) is 0 Å². The number of hydrogen-bond acceptors (Lipinski definition) is 1. The standard InChI is InChI=1S/C12H19N.ClH/c1-12(2,3)13-10-9-11-7-5-4-6-8-11;/h4-8,13H,9-10H2,1-3H3;1H. The van der Waals surface area contributed by atoms with Crippen LogP contribution in [0.5, 0.6) is 0 Å². The second-order valence-corrected chi connectivity index (χ2v) is 4.41. The zero-order chi connectivity index (χ0) is 9.73. The summed E-state index contributed by atoms with van der Waals surface area (Å²) in [5.74, 6) is 0. The minimum absolute atomic E-state index is 0. The lowest BCUT2D eigenvalue weighted by molar-refractivity contribution is 0.429. The highest BCUT2D eigenvalue weighted by Crippen LogP contribution is 2.01. The van der Waals surface area contributed by atoms with E-state index in [1.54, 1.807) is 0 Å². The van der Waals surface area contributed by atoms with E-state index in [-0.39, 0.29) is 17.9 Å². The van der Waals surface area contributed by atoms with Crippen LogP contribution in [0.1, 0.15) is 26.3 Å². The molecule has 80 valence electrons. The quantitative estimate of drug-likeness (QED) is 0.814. The molecule has 1 rings (SSSR count). The molecule has 0 aliphatic rings. The Morgan fingerprint density at radius 1 is 1.07 bits per heavy atom. The molecule has 0 saturated carbocycles. The van der Waals surface area contributed by atoms with Crippen molar-refractivity contribution in [2.45, 2.75) is 32.7 Å². The van der Waals surface area contributed by atoms with Crippen LogP contribution in [-0.2, 0) is 6.42 Å². The molecule has 0 aromatic heterocycles. The van der Waals surface area contributed by atoms with Gasteiger partial charge in [-0.15, -0.1) is 12.4 Å². The maximum absolute atomic E-state index is 3.47. The molecule has 0 radical (unpaired) electrons.